The van der Waals surface area contributed by atoms with Gasteiger partial charge in [0, 0.05) is 6.54 Å². The average molecular weight is 193 g/mol. The van der Waals surface area contributed by atoms with Crippen molar-refractivity contribution in [3.8, 4) is 0 Å². The molecule has 0 saturated heterocycles. The molecule has 0 unspecified atom stereocenters. The van der Waals surface area contributed by atoms with Crippen molar-refractivity contribution in [2.75, 3.05) is 6.54 Å². The van der Waals surface area contributed by atoms with Crippen LogP contribution in [0.3, 0.4) is 0 Å². The number of carboxylic acids is 1. The summed E-state index contributed by atoms with van der Waals surface area (Å²) >= 11 is 0. The molecular weight excluding hydrogens is 178 g/mol. The van der Waals surface area contributed by atoms with Crippen LogP contribution >= 0.6 is 0 Å². The summed E-state index contributed by atoms with van der Waals surface area (Å²) in [5.74, 6) is -0.820. The maximum atomic E-state index is 10.3. The van der Waals surface area contributed by atoms with Crippen molar-refractivity contribution < 1.29 is 9.90 Å². The van der Waals surface area contributed by atoms with Crippen LogP contribution in [0, 0.1) is 0 Å². The molecule has 0 aliphatic heterocycles. The van der Waals surface area contributed by atoms with Crippen molar-refractivity contribution in [2.45, 2.75) is 19.9 Å². The van der Waals surface area contributed by atoms with Crippen molar-refractivity contribution >= 4 is 5.97 Å². The molecule has 0 saturated carbocycles. The fraction of sp³-hybridized carbons (Fsp3) is 0.364. The predicted molar refractivity (Wildman–Crippen MR) is 55.2 cm³/mol. The molecule has 0 aromatic heterocycles. The van der Waals surface area contributed by atoms with Gasteiger partial charge in [-0.05, 0) is 17.5 Å². The maximum absolute atomic E-state index is 10.3. The van der Waals surface area contributed by atoms with E-state index in [4.69, 9.17) is 5.11 Å². The third kappa shape index (κ3) is 3.18. The van der Waals surface area contributed by atoms with Gasteiger partial charge in [0.25, 0.3) is 0 Å². The van der Waals surface area contributed by atoms with Crippen molar-refractivity contribution in [1.82, 2.24) is 5.32 Å². The highest BCUT2D eigenvalue weighted by Gasteiger charge is 2.00. The Labute approximate surface area is 83.8 Å². The summed E-state index contributed by atoms with van der Waals surface area (Å²) < 4.78 is 0. The molecule has 0 heterocycles. The van der Waals surface area contributed by atoms with Gasteiger partial charge in [-0.1, -0.05) is 31.2 Å². The van der Waals surface area contributed by atoms with Crippen LogP contribution < -0.4 is 5.32 Å². The van der Waals surface area contributed by atoms with Gasteiger partial charge in [-0.3, -0.25) is 4.79 Å². The summed E-state index contributed by atoms with van der Waals surface area (Å²) in [5.41, 5.74) is 2.45. The van der Waals surface area contributed by atoms with E-state index in [-0.39, 0.29) is 6.54 Å². The number of hydrogen-bond acceptors (Lipinski definition) is 2. The highest BCUT2D eigenvalue weighted by atomic mass is 16.4. The second kappa shape index (κ2) is 5.40. The molecule has 0 atom stereocenters. The Morgan fingerprint density at radius 2 is 2.00 bits per heavy atom. The monoisotopic (exact) mass is 193 g/mol. The van der Waals surface area contributed by atoms with E-state index in [9.17, 15) is 4.79 Å². The molecule has 3 nitrogen and oxygen atoms in total. The van der Waals surface area contributed by atoms with Crippen LogP contribution in [0.15, 0.2) is 24.3 Å². The van der Waals surface area contributed by atoms with E-state index in [1.807, 2.05) is 18.2 Å². The zero-order valence-corrected chi connectivity index (χ0v) is 8.29. The summed E-state index contributed by atoms with van der Waals surface area (Å²) in [5, 5.41) is 11.3. The number of carboxylic acid groups (broad SMARTS) is 1. The Hall–Kier alpha value is -1.35. The quantitative estimate of drug-likeness (QED) is 0.743. The molecule has 0 radical (unpaired) electrons. The SMILES string of the molecule is CCc1ccccc1CNCC(=O)O. The van der Waals surface area contributed by atoms with Gasteiger partial charge in [0.15, 0.2) is 0 Å². The summed E-state index contributed by atoms with van der Waals surface area (Å²) in [4.78, 5) is 10.3. The first-order valence-corrected chi connectivity index (χ1v) is 4.73. The molecule has 3 heteroatoms. The normalized spacial score (nSPS) is 10.1. The van der Waals surface area contributed by atoms with Gasteiger partial charge in [-0.15, -0.1) is 0 Å². The second-order valence-corrected chi connectivity index (χ2v) is 3.12. The largest absolute Gasteiger partial charge is 0.480 e. The van der Waals surface area contributed by atoms with E-state index in [0.29, 0.717) is 6.54 Å². The van der Waals surface area contributed by atoms with Crippen LogP contribution in [-0.4, -0.2) is 17.6 Å². The highest BCUT2D eigenvalue weighted by molar-refractivity contribution is 5.69. The van der Waals surface area contributed by atoms with E-state index in [0.717, 1.165) is 6.42 Å². The molecule has 0 aliphatic carbocycles. The minimum Gasteiger partial charge on any atom is -0.480 e. The molecule has 1 rings (SSSR count). The number of aryl methyl sites for hydroxylation is 1. The standard InChI is InChI=1S/C11H15NO2/c1-2-9-5-3-4-6-10(9)7-12-8-11(13)14/h3-6,12H,2,7-8H2,1H3,(H,13,14). The van der Waals surface area contributed by atoms with Crippen LogP contribution in [0.4, 0.5) is 0 Å². The number of benzene rings is 1. The van der Waals surface area contributed by atoms with Gasteiger partial charge in [0.2, 0.25) is 0 Å². The third-order valence-corrected chi connectivity index (χ3v) is 2.09. The number of rotatable bonds is 5. The lowest BCUT2D eigenvalue weighted by atomic mass is 10.1. The average Bonchev–Trinajstić information content (AvgIpc) is 2.18. The first-order valence-electron chi connectivity index (χ1n) is 4.73. The summed E-state index contributed by atoms with van der Waals surface area (Å²) in [7, 11) is 0. The minimum atomic E-state index is -0.820. The van der Waals surface area contributed by atoms with E-state index < -0.39 is 5.97 Å². The lowest BCUT2D eigenvalue weighted by Crippen LogP contribution is -2.22. The summed E-state index contributed by atoms with van der Waals surface area (Å²) in [6, 6.07) is 8.06. The predicted octanol–water partition coefficient (Wildman–Crippen LogP) is 1.42. The van der Waals surface area contributed by atoms with Gasteiger partial charge < -0.3 is 10.4 Å². The van der Waals surface area contributed by atoms with Gasteiger partial charge in [-0.2, -0.15) is 0 Å². The number of carbonyl (C=O) groups is 1. The van der Waals surface area contributed by atoms with Crippen molar-refractivity contribution in [3.05, 3.63) is 35.4 Å². The number of nitrogens with one attached hydrogen (secondary N) is 1. The van der Waals surface area contributed by atoms with Crippen LogP contribution in [-0.2, 0) is 17.8 Å². The Bertz CT molecular complexity index is 310. The van der Waals surface area contributed by atoms with Crippen LogP contribution in [0.5, 0.6) is 0 Å². The third-order valence-electron chi connectivity index (χ3n) is 2.09. The Kier molecular flexibility index (Phi) is 4.13. The maximum Gasteiger partial charge on any atom is 0.317 e. The molecule has 0 fully saturated rings. The molecule has 0 spiro atoms. The topological polar surface area (TPSA) is 49.3 Å². The summed E-state index contributed by atoms with van der Waals surface area (Å²) in [6.07, 6.45) is 0.977. The molecule has 1 aromatic carbocycles. The Balaban J connectivity index is 2.53. The number of aliphatic carboxylic acids is 1. The molecular formula is C11H15NO2. The smallest absolute Gasteiger partial charge is 0.317 e. The first kappa shape index (κ1) is 10.7. The zero-order chi connectivity index (χ0) is 10.4. The molecule has 1 aromatic rings. The Morgan fingerprint density at radius 1 is 1.36 bits per heavy atom. The first-order chi connectivity index (χ1) is 6.74. The van der Waals surface area contributed by atoms with E-state index in [1.54, 1.807) is 0 Å². The van der Waals surface area contributed by atoms with Crippen molar-refractivity contribution in [3.63, 3.8) is 0 Å². The molecule has 0 aliphatic rings. The minimum absolute atomic E-state index is 0.0120. The van der Waals surface area contributed by atoms with Gasteiger partial charge in [-0.25, -0.2) is 0 Å². The highest BCUT2D eigenvalue weighted by Crippen LogP contribution is 2.08. The van der Waals surface area contributed by atoms with E-state index >= 15 is 0 Å². The van der Waals surface area contributed by atoms with E-state index in [1.165, 1.54) is 11.1 Å². The van der Waals surface area contributed by atoms with Gasteiger partial charge >= 0.3 is 5.97 Å². The number of hydrogen-bond donors (Lipinski definition) is 2. The molecule has 0 amide bonds. The van der Waals surface area contributed by atoms with Crippen molar-refractivity contribution in [2.24, 2.45) is 0 Å². The Morgan fingerprint density at radius 3 is 2.57 bits per heavy atom. The molecule has 0 bridgehead atoms. The fourth-order valence-corrected chi connectivity index (χ4v) is 1.38. The molecule has 14 heavy (non-hydrogen) atoms. The van der Waals surface area contributed by atoms with Crippen LogP contribution in [0.25, 0.3) is 0 Å². The van der Waals surface area contributed by atoms with Gasteiger partial charge in [0.1, 0.15) is 0 Å². The molecule has 76 valence electrons. The van der Waals surface area contributed by atoms with Crippen LogP contribution in [0.2, 0.25) is 0 Å². The zero-order valence-electron chi connectivity index (χ0n) is 8.29. The fourth-order valence-electron chi connectivity index (χ4n) is 1.38. The van der Waals surface area contributed by atoms with Gasteiger partial charge in [0.05, 0.1) is 6.54 Å². The second-order valence-electron chi connectivity index (χ2n) is 3.12. The van der Waals surface area contributed by atoms with Crippen LogP contribution in [0.1, 0.15) is 18.1 Å². The van der Waals surface area contributed by atoms with Crippen molar-refractivity contribution in [1.29, 1.82) is 0 Å². The lowest BCUT2D eigenvalue weighted by Gasteiger charge is -2.07. The molecule has 2 N–H and O–H groups in total. The lowest BCUT2D eigenvalue weighted by molar-refractivity contribution is -0.135. The summed E-state index contributed by atoms with van der Waals surface area (Å²) in [6.45, 7) is 2.73. The van der Waals surface area contributed by atoms with E-state index in [2.05, 4.69) is 18.3 Å².